The number of carbonyl (C=O) groups is 1. The Hall–Kier alpha value is -2.21. The summed E-state index contributed by atoms with van der Waals surface area (Å²) in [5.74, 6) is -0.470. The van der Waals surface area contributed by atoms with E-state index < -0.39 is 11.7 Å². The number of nitrogens with one attached hydrogen (secondary N) is 2. The largest absolute Gasteiger partial charge is 0.351 e. The quantitative estimate of drug-likeness (QED) is 0.776. The predicted octanol–water partition coefficient (Wildman–Crippen LogP) is 4.66. The minimum Gasteiger partial charge on any atom is -0.351 e. The predicted molar refractivity (Wildman–Crippen MR) is 96.5 cm³/mol. The molecule has 1 aliphatic rings. The minimum absolute atomic E-state index is 0.0452. The number of halogens is 2. The van der Waals surface area contributed by atoms with Crippen molar-refractivity contribution in [1.82, 2.24) is 9.97 Å². The Kier molecular flexibility index (Phi) is 5.81. The molecule has 1 aromatic heterocycles. The van der Waals surface area contributed by atoms with Crippen LogP contribution in [0.1, 0.15) is 49.0 Å². The number of aromatic nitrogens is 2. The van der Waals surface area contributed by atoms with Gasteiger partial charge in [0.1, 0.15) is 11.5 Å². The molecule has 3 rings (SSSR count). The molecule has 132 valence electrons. The van der Waals surface area contributed by atoms with Gasteiger partial charge in [-0.2, -0.15) is 0 Å². The first-order valence-corrected chi connectivity index (χ1v) is 8.85. The van der Waals surface area contributed by atoms with Gasteiger partial charge in [0, 0.05) is 17.9 Å². The first-order valence-electron chi connectivity index (χ1n) is 8.48. The summed E-state index contributed by atoms with van der Waals surface area (Å²) in [6, 6.07) is 5.90. The van der Waals surface area contributed by atoms with E-state index in [-0.39, 0.29) is 10.7 Å². The topological polar surface area (TPSA) is 66.9 Å². The van der Waals surface area contributed by atoms with Gasteiger partial charge in [-0.1, -0.05) is 37.3 Å². The lowest BCUT2D eigenvalue weighted by Gasteiger charge is -2.16. The van der Waals surface area contributed by atoms with Crippen LogP contribution >= 0.6 is 11.6 Å². The van der Waals surface area contributed by atoms with E-state index in [9.17, 15) is 9.18 Å². The molecule has 5 nitrogen and oxygen atoms in total. The summed E-state index contributed by atoms with van der Waals surface area (Å²) in [5.41, 5.74) is 0.653. The summed E-state index contributed by atoms with van der Waals surface area (Å²) in [5, 5.41) is 5.94. The van der Waals surface area contributed by atoms with Crippen molar-refractivity contribution in [3.63, 3.8) is 0 Å². The van der Waals surface area contributed by atoms with Crippen LogP contribution in [0, 0.1) is 5.82 Å². The lowest BCUT2D eigenvalue weighted by atomic mass is 10.1. The number of nitrogens with zero attached hydrogens (tertiary/aromatic N) is 2. The maximum Gasteiger partial charge on any atom is 0.274 e. The van der Waals surface area contributed by atoms with Crippen LogP contribution in [0.5, 0.6) is 0 Å². The first kappa shape index (κ1) is 17.6. The smallest absolute Gasteiger partial charge is 0.274 e. The molecule has 0 radical (unpaired) electrons. The molecule has 0 atom stereocenters. The number of benzene rings is 1. The lowest BCUT2D eigenvalue weighted by molar-refractivity contribution is 0.102. The first-order chi connectivity index (χ1) is 12.1. The molecule has 0 spiro atoms. The second-order valence-electron chi connectivity index (χ2n) is 6.18. The average molecular weight is 363 g/mol. The molecule has 1 amide bonds. The fourth-order valence-corrected chi connectivity index (χ4v) is 3.11. The highest BCUT2D eigenvalue weighted by atomic mass is 35.5. The summed E-state index contributed by atoms with van der Waals surface area (Å²) < 4.78 is 13.2. The van der Waals surface area contributed by atoms with Gasteiger partial charge in [-0.3, -0.25) is 4.79 Å². The highest BCUT2D eigenvalue weighted by Gasteiger charge is 2.15. The number of hydrogen-bond donors (Lipinski definition) is 2. The molecular weight excluding hydrogens is 343 g/mol. The SMILES string of the molecule is O=C(Nc1ccc(F)c(Cl)c1)c1ccnc(NC2CCCCCC2)n1. The van der Waals surface area contributed by atoms with Gasteiger partial charge in [0.2, 0.25) is 5.95 Å². The standard InChI is InChI=1S/C18H20ClFN4O/c19-14-11-13(7-8-15(14)20)22-17(25)16-9-10-21-18(24-16)23-12-5-3-1-2-4-6-12/h7-12H,1-6H2,(H,22,25)(H,21,23,24). The van der Waals surface area contributed by atoms with E-state index in [2.05, 4.69) is 20.6 Å². The Bertz CT molecular complexity index is 748. The molecule has 0 unspecified atom stereocenters. The van der Waals surface area contributed by atoms with Crippen LogP contribution in [-0.2, 0) is 0 Å². The van der Waals surface area contributed by atoms with E-state index in [1.165, 1.54) is 43.9 Å². The molecule has 1 aliphatic carbocycles. The Balaban J connectivity index is 1.67. The van der Waals surface area contributed by atoms with Crippen LogP contribution in [0.25, 0.3) is 0 Å². The average Bonchev–Trinajstić information content (AvgIpc) is 2.87. The summed E-state index contributed by atoms with van der Waals surface area (Å²) in [7, 11) is 0. The molecule has 1 saturated carbocycles. The minimum atomic E-state index is -0.531. The highest BCUT2D eigenvalue weighted by molar-refractivity contribution is 6.31. The Labute approximate surface area is 151 Å². The van der Waals surface area contributed by atoms with Crippen LogP contribution in [0.3, 0.4) is 0 Å². The number of rotatable bonds is 4. The van der Waals surface area contributed by atoms with Crippen molar-refractivity contribution in [2.45, 2.75) is 44.6 Å². The van der Waals surface area contributed by atoms with E-state index in [1.807, 2.05) is 0 Å². The van der Waals surface area contributed by atoms with Crippen LogP contribution in [0.4, 0.5) is 16.0 Å². The van der Waals surface area contributed by atoms with Crippen molar-refractivity contribution in [2.75, 3.05) is 10.6 Å². The van der Waals surface area contributed by atoms with Crippen molar-refractivity contribution >= 4 is 29.1 Å². The van der Waals surface area contributed by atoms with Crippen molar-refractivity contribution in [1.29, 1.82) is 0 Å². The van der Waals surface area contributed by atoms with Gasteiger partial charge in [0.25, 0.3) is 5.91 Å². The van der Waals surface area contributed by atoms with E-state index in [4.69, 9.17) is 11.6 Å². The summed E-state index contributed by atoms with van der Waals surface area (Å²) >= 11 is 5.73. The maximum atomic E-state index is 13.2. The fourth-order valence-electron chi connectivity index (χ4n) is 2.93. The second-order valence-corrected chi connectivity index (χ2v) is 6.59. The van der Waals surface area contributed by atoms with Crippen molar-refractivity contribution in [2.24, 2.45) is 0 Å². The second kappa shape index (κ2) is 8.25. The monoisotopic (exact) mass is 362 g/mol. The molecule has 7 heteroatoms. The summed E-state index contributed by atoms with van der Waals surface area (Å²) in [6.45, 7) is 0. The van der Waals surface area contributed by atoms with Crippen molar-refractivity contribution in [3.8, 4) is 0 Å². The van der Waals surface area contributed by atoms with Crippen LogP contribution < -0.4 is 10.6 Å². The molecule has 1 aromatic carbocycles. The van der Waals surface area contributed by atoms with Gasteiger partial charge in [-0.25, -0.2) is 14.4 Å². The molecule has 1 fully saturated rings. The van der Waals surface area contributed by atoms with Gasteiger partial charge < -0.3 is 10.6 Å². The zero-order valence-electron chi connectivity index (χ0n) is 13.8. The summed E-state index contributed by atoms with van der Waals surface area (Å²) in [4.78, 5) is 20.8. The van der Waals surface area contributed by atoms with Gasteiger partial charge in [-0.15, -0.1) is 0 Å². The molecule has 0 bridgehead atoms. The van der Waals surface area contributed by atoms with Gasteiger partial charge in [-0.05, 0) is 37.1 Å². The maximum absolute atomic E-state index is 13.2. The molecule has 2 N–H and O–H groups in total. The zero-order valence-corrected chi connectivity index (χ0v) is 14.5. The normalized spacial score (nSPS) is 15.4. The highest BCUT2D eigenvalue weighted by Crippen LogP contribution is 2.21. The fraction of sp³-hybridized carbons (Fsp3) is 0.389. The Morgan fingerprint density at radius 2 is 1.92 bits per heavy atom. The van der Waals surface area contributed by atoms with Gasteiger partial charge in [0.15, 0.2) is 0 Å². The lowest BCUT2D eigenvalue weighted by Crippen LogP contribution is -2.21. The molecule has 0 saturated heterocycles. The van der Waals surface area contributed by atoms with Crippen molar-refractivity contribution < 1.29 is 9.18 Å². The molecule has 25 heavy (non-hydrogen) atoms. The molecule has 1 heterocycles. The van der Waals surface area contributed by atoms with E-state index in [0.29, 0.717) is 17.7 Å². The Morgan fingerprint density at radius 1 is 1.16 bits per heavy atom. The Morgan fingerprint density at radius 3 is 2.64 bits per heavy atom. The van der Waals surface area contributed by atoms with Crippen LogP contribution in [0.2, 0.25) is 5.02 Å². The molecular formula is C18H20ClFN4O. The van der Waals surface area contributed by atoms with Gasteiger partial charge >= 0.3 is 0 Å². The third kappa shape index (κ3) is 4.89. The number of hydrogen-bond acceptors (Lipinski definition) is 4. The third-order valence-corrected chi connectivity index (χ3v) is 4.54. The van der Waals surface area contributed by atoms with Crippen molar-refractivity contribution in [3.05, 3.63) is 47.0 Å². The number of anilines is 2. The van der Waals surface area contributed by atoms with E-state index >= 15 is 0 Å². The molecule has 2 aromatic rings. The molecule has 0 aliphatic heterocycles. The number of carbonyl (C=O) groups excluding carboxylic acids is 1. The third-order valence-electron chi connectivity index (χ3n) is 4.25. The number of amides is 1. The van der Waals surface area contributed by atoms with Crippen LogP contribution in [-0.4, -0.2) is 21.9 Å². The zero-order chi connectivity index (χ0) is 17.6. The van der Waals surface area contributed by atoms with Crippen LogP contribution in [0.15, 0.2) is 30.5 Å². The van der Waals surface area contributed by atoms with E-state index in [0.717, 1.165) is 12.8 Å². The van der Waals surface area contributed by atoms with E-state index in [1.54, 1.807) is 12.3 Å². The summed E-state index contributed by atoms with van der Waals surface area (Å²) in [6.07, 6.45) is 8.66. The van der Waals surface area contributed by atoms with Gasteiger partial charge in [0.05, 0.1) is 5.02 Å².